The minimum Gasteiger partial charge on any atom is -0.369 e. The van der Waals surface area contributed by atoms with Gasteiger partial charge in [-0.1, -0.05) is 34.6 Å². The third-order valence-electron chi connectivity index (χ3n) is 3.10. The summed E-state index contributed by atoms with van der Waals surface area (Å²) in [5.41, 5.74) is 0. The molecule has 2 aromatic heterocycles. The average Bonchev–Trinajstić information content (AvgIpc) is 3.05. The van der Waals surface area contributed by atoms with Crippen LogP contribution in [0.25, 0.3) is 10.2 Å². The number of nitrogens with one attached hydrogen (secondary N) is 2. The molecule has 0 aliphatic carbocycles. The molecule has 0 bridgehead atoms. The highest BCUT2D eigenvalue weighted by Crippen LogP contribution is 2.40. The third kappa shape index (κ3) is 6.34. The fraction of sp³-hybridized carbons (Fsp3) is 0.647. The normalized spacial score (nSPS) is 11.8. The molecule has 0 aromatic carbocycles. The van der Waals surface area contributed by atoms with Gasteiger partial charge < -0.3 is 10.6 Å². The van der Waals surface area contributed by atoms with Crippen molar-refractivity contribution in [2.24, 2.45) is 0 Å². The summed E-state index contributed by atoms with van der Waals surface area (Å²) < 4.78 is 38.6. The molecule has 2 N–H and O–H groups in total. The van der Waals surface area contributed by atoms with Gasteiger partial charge in [0.15, 0.2) is 0 Å². The van der Waals surface area contributed by atoms with Crippen molar-refractivity contribution in [3.05, 3.63) is 10.9 Å². The Balaban J connectivity index is 0.00000134. The molecule has 0 radical (unpaired) electrons. The second kappa shape index (κ2) is 11.1. The lowest BCUT2D eigenvalue weighted by atomic mass is 10.1. The van der Waals surface area contributed by atoms with Crippen molar-refractivity contribution in [1.82, 2.24) is 9.97 Å². The molecule has 0 aliphatic heterocycles. The van der Waals surface area contributed by atoms with Gasteiger partial charge in [0.05, 0.1) is 11.3 Å². The van der Waals surface area contributed by atoms with Gasteiger partial charge in [-0.2, -0.15) is 18.2 Å². The van der Waals surface area contributed by atoms with Gasteiger partial charge in [0.2, 0.25) is 5.95 Å². The van der Waals surface area contributed by atoms with E-state index in [0.29, 0.717) is 28.5 Å². The molecule has 0 amide bonds. The highest BCUT2D eigenvalue weighted by atomic mass is 32.1. The molecular formula is C17H29F3N4S. The van der Waals surface area contributed by atoms with Gasteiger partial charge in [0.1, 0.15) is 10.6 Å². The smallest absolute Gasteiger partial charge is 0.369 e. The van der Waals surface area contributed by atoms with E-state index in [1.54, 1.807) is 7.05 Å². The van der Waals surface area contributed by atoms with E-state index >= 15 is 0 Å². The number of hydrogen-bond donors (Lipinski definition) is 2. The first-order chi connectivity index (χ1) is 11.9. The summed E-state index contributed by atoms with van der Waals surface area (Å²) >= 11 is 1.06. The fourth-order valence-corrected chi connectivity index (χ4v) is 2.91. The molecule has 0 fully saturated rings. The molecule has 0 saturated heterocycles. The highest BCUT2D eigenvalue weighted by molar-refractivity contribution is 7.18. The van der Waals surface area contributed by atoms with E-state index in [1.165, 1.54) is 6.07 Å². The van der Waals surface area contributed by atoms with Crippen LogP contribution in [0.15, 0.2) is 6.07 Å². The van der Waals surface area contributed by atoms with E-state index in [1.807, 2.05) is 34.6 Å². The maximum absolute atomic E-state index is 12.9. The summed E-state index contributed by atoms with van der Waals surface area (Å²) in [5.74, 6) is -0.536. The van der Waals surface area contributed by atoms with Gasteiger partial charge in [-0.25, -0.2) is 4.98 Å². The Morgan fingerprint density at radius 3 is 2.24 bits per heavy atom. The zero-order valence-corrected chi connectivity index (χ0v) is 16.8. The Morgan fingerprint density at radius 1 is 1.16 bits per heavy atom. The van der Waals surface area contributed by atoms with Crippen LogP contribution in [0.2, 0.25) is 0 Å². The summed E-state index contributed by atoms with van der Waals surface area (Å²) in [6, 6.07) is 1.54. The first-order valence-corrected chi connectivity index (χ1v) is 9.48. The van der Waals surface area contributed by atoms with Crippen molar-refractivity contribution in [3.63, 3.8) is 0 Å². The van der Waals surface area contributed by atoms with Crippen molar-refractivity contribution < 1.29 is 13.2 Å². The second-order valence-electron chi connectivity index (χ2n) is 4.70. The van der Waals surface area contributed by atoms with E-state index in [0.717, 1.165) is 24.7 Å². The Kier molecular flexibility index (Phi) is 10.4. The van der Waals surface area contributed by atoms with Crippen LogP contribution in [-0.2, 0) is 0 Å². The zero-order chi connectivity index (χ0) is 19.6. The number of rotatable bonds is 5. The van der Waals surface area contributed by atoms with Gasteiger partial charge in [-0.05, 0) is 19.4 Å². The Labute approximate surface area is 152 Å². The number of fused-ring (bicyclic) bond motifs is 1. The Hall–Kier alpha value is -1.57. The van der Waals surface area contributed by atoms with Crippen molar-refractivity contribution in [2.75, 3.05) is 24.2 Å². The molecule has 0 spiro atoms. The van der Waals surface area contributed by atoms with Crippen LogP contribution < -0.4 is 10.6 Å². The van der Waals surface area contributed by atoms with Gasteiger partial charge in [0, 0.05) is 18.5 Å². The molecule has 2 rings (SSSR count). The van der Waals surface area contributed by atoms with Crippen LogP contribution in [0.3, 0.4) is 0 Å². The first-order valence-electron chi connectivity index (χ1n) is 8.66. The van der Waals surface area contributed by atoms with Gasteiger partial charge >= 0.3 is 6.18 Å². The SMILES string of the molecule is CC.CC.CCCNc1nc(NC)nc2sc(C(C)C(F)(F)F)cc12. The van der Waals surface area contributed by atoms with Crippen molar-refractivity contribution in [1.29, 1.82) is 0 Å². The van der Waals surface area contributed by atoms with Gasteiger partial charge in [0.25, 0.3) is 0 Å². The lowest BCUT2D eigenvalue weighted by Crippen LogP contribution is -2.16. The van der Waals surface area contributed by atoms with Crippen LogP contribution in [0.4, 0.5) is 24.9 Å². The summed E-state index contributed by atoms with van der Waals surface area (Å²) in [6.07, 6.45) is -3.35. The van der Waals surface area contributed by atoms with Crippen molar-refractivity contribution in [2.45, 2.75) is 60.1 Å². The molecule has 0 saturated carbocycles. The molecule has 2 aromatic rings. The minimum atomic E-state index is -4.25. The summed E-state index contributed by atoms with van der Waals surface area (Å²) in [6.45, 7) is 11.9. The number of anilines is 2. The number of nitrogens with zero attached hydrogens (tertiary/aromatic N) is 2. The molecule has 1 atom stereocenters. The van der Waals surface area contributed by atoms with E-state index in [9.17, 15) is 13.2 Å². The number of halogens is 3. The Morgan fingerprint density at radius 2 is 1.76 bits per heavy atom. The lowest BCUT2D eigenvalue weighted by Gasteiger charge is -2.12. The van der Waals surface area contributed by atoms with E-state index < -0.39 is 12.1 Å². The topological polar surface area (TPSA) is 49.8 Å². The second-order valence-corrected chi connectivity index (χ2v) is 5.77. The summed E-state index contributed by atoms with van der Waals surface area (Å²) in [7, 11) is 1.68. The Bertz CT molecular complexity index is 626. The molecule has 8 heteroatoms. The first kappa shape index (κ1) is 23.4. The largest absolute Gasteiger partial charge is 0.396 e. The predicted octanol–water partition coefficient (Wildman–Crippen LogP) is 6.27. The van der Waals surface area contributed by atoms with Gasteiger partial charge in [-0.3, -0.25) is 0 Å². The highest BCUT2D eigenvalue weighted by Gasteiger charge is 2.38. The summed E-state index contributed by atoms with van der Waals surface area (Å²) in [5, 5.41) is 6.60. The maximum atomic E-state index is 12.9. The number of alkyl halides is 3. The number of thiophene rings is 1. The molecule has 0 aliphatic rings. The van der Waals surface area contributed by atoms with Crippen molar-refractivity contribution in [3.8, 4) is 0 Å². The van der Waals surface area contributed by atoms with Crippen LogP contribution in [-0.4, -0.2) is 29.7 Å². The average molecular weight is 379 g/mol. The number of hydrogen-bond acceptors (Lipinski definition) is 5. The maximum Gasteiger partial charge on any atom is 0.396 e. The molecule has 4 nitrogen and oxygen atoms in total. The van der Waals surface area contributed by atoms with Crippen LogP contribution >= 0.6 is 11.3 Å². The van der Waals surface area contributed by atoms with Crippen molar-refractivity contribution >= 4 is 33.3 Å². The third-order valence-corrected chi connectivity index (χ3v) is 4.31. The fourth-order valence-electron chi connectivity index (χ4n) is 1.80. The van der Waals surface area contributed by atoms with Gasteiger partial charge in [-0.15, -0.1) is 11.3 Å². The monoisotopic (exact) mass is 378 g/mol. The van der Waals surface area contributed by atoms with E-state index in [4.69, 9.17) is 0 Å². The van der Waals surface area contributed by atoms with Crippen LogP contribution in [0.5, 0.6) is 0 Å². The molecule has 25 heavy (non-hydrogen) atoms. The quantitative estimate of drug-likeness (QED) is 0.643. The molecule has 2 heterocycles. The standard InChI is InChI=1S/C13H17F3N4S.2C2H6/c1-4-5-18-10-8-6-9(7(2)13(14,15)16)21-11(8)20-12(17-3)19-10;2*1-2/h6-7H,4-5H2,1-3H3,(H2,17,18,19,20);2*1-2H3. The van der Waals surface area contributed by atoms with E-state index in [-0.39, 0.29) is 4.88 Å². The number of aromatic nitrogens is 2. The minimum absolute atomic E-state index is 0.250. The van der Waals surface area contributed by atoms with Crippen LogP contribution in [0.1, 0.15) is 58.8 Å². The van der Waals surface area contributed by atoms with Crippen LogP contribution in [0, 0.1) is 0 Å². The molecular weight excluding hydrogens is 349 g/mol. The predicted molar refractivity (Wildman–Crippen MR) is 103 cm³/mol. The zero-order valence-electron chi connectivity index (χ0n) is 16.0. The molecule has 144 valence electrons. The summed E-state index contributed by atoms with van der Waals surface area (Å²) in [4.78, 5) is 9.32. The molecule has 1 unspecified atom stereocenters. The lowest BCUT2D eigenvalue weighted by molar-refractivity contribution is -0.145. The van der Waals surface area contributed by atoms with E-state index in [2.05, 4.69) is 20.6 Å².